The zero-order valence-corrected chi connectivity index (χ0v) is 9.52. The number of carbonyl (C=O) groups is 1. The van der Waals surface area contributed by atoms with Gasteiger partial charge in [0.15, 0.2) is 0 Å². The largest absolute Gasteiger partial charge is 0.481 e. The predicted octanol–water partition coefficient (Wildman–Crippen LogP) is 2.98. The van der Waals surface area contributed by atoms with E-state index in [1.807, 2.05) is 0 Å². The number of benzene rings is 1. The highest BCUT2D eigenvalue weighted by molar-refractivity contribution is 9.11. The number of carboxylic acids is 1. The van der Waals surface area contributed by atoms with Crippen molar-refractivity contribution in [2.24, 2.45) is 0 Å². The Kier molecular flexibility index (Phi) is 3.44. The van der Waals surface area contributed by atoms with Crippen molar-refractivity contribution in [2.75, 3.05) is 0 Å². The van der Waals surface area contributed by atoms with Gasteiger partial charge in [-0.25, -0.2) is 4.39 Å². The minimum absolute atomic E-state index is 0.137. The van der Waals surface area contributed by atoms with E-state index in [-0.39, 0.29) is 6.42 Å². The average molecular weight is 312 g/mol. The van der Waals surface area contributed by atoms with E-state index in [4.69, 9.17) is 5.11 Å². The van der Waals surface area contributed by atoms with Crippen molar-refractivity contribution in [3.05, 3.63) is 32.5 Å². The van der Waals surface area contributed by atoms with Crippen LogP contribution >= 0.6 is 31.9 Å². The number of aliphatic carboxylic acids is 1. The summed E-state index contributed by atoms with van der Waals surface area (Å²) >= 11 is 6.19. The van der Waals surface area contributed by atoms with Gasteiger partial charge >= 0.3 is 5.97 Å². The first-order valence-electron chi connectivity index (χ1n) is 3.36. The van der Waals surface area contributed by atoms with Crippen molar-refractivity contribution in [3.63, 3.8) is 0 Å². The van der Waals surface area contributed by atoms with Crippen LogP contribution in [0.3, 0.4) is 0 Å². The van der Waals surface area contributed by atoms with Crippen LogP contribution in [0.25, 0.3) is 0 Å². The lowest BCUT2D eigenvalue weighted by atomic mass is 10.1. The molecule has 2 nitrogen and oxygen atoms in total. The van der Waals surface area contributed by atoms with Crippen LogP contribution in [0.4, 0.5) is 4.39 Å². The van der Waals surface area contributed by atoms with Gasteiger partial charge in [-0.05, 0) is 17.7 Å². The Balaban J connectivity index is 3.13. The van der Waals surface area contributed by atoms with Crippen molar-refractivity contribution < 1.29 is 14.3 Å². The standard InChI is InChI=1S/C8H5Br2FO2/c9-6-1-4(11)2-7(10)5(6)3-8(12)13/h1-2H,3H2,(H,12,13). The molecule has 0 radical (unpaired) electrons. The van der Waals surface area contributed by atoms with Crippen molar-refractivity contribution in [1.82, 2.24) is 0 Å². The van der Waals surface area contributed by atoms with E-state index < -0.39 is 11.8 Å². The van der Waals surface area contributed by atoms with Gasteiger partial charge in [-0.15, -0.1) is 0 Å². The second kappa shape index (κ2) is 4.19. The molecule has 70 valence electrons. The molecule has 0 bridgehead atoms. The van der Waals surface area contributed by atoms with Gasteiger partial charge in [0.25, 0.3) is 0 Å². The van der Waals surface area contributed by atoms with Gasteiger partial charge in [0.05, 0.1) is 6.42 Å². The van der Waals surface area contributed by atoms with Crippen LogP contribution in [0.2, 0.25) is 0 Å². The van der Waals surface area contributed by atoms with Crippen LogP contribution in [0.15, 0.2) is 21.1 Å². The van der Waals surface area contributed by atoms with Crippen LogP contribution in [0, 0.1) is 5.82 Å². The summed E-state index contributed by atoms with van der Waals surface area (Å²) in [4.78, 5) is 10.4. The van der Waals surface area contributed by atoms with E-state index >= 15 is 0 Å². The molecule has 5 heteroatoms. The molecule has 0 aromatic heterocycles. The maximum absolute atomic E-state index is 12.7. The zero-order valence-electron chi connectivity index (χ0n) is 6.35. The summed E-state index contributed by atoms with van der Waals surface area (Å²) in [6.45, 7) is 0. The Morgan fingerprint density at radius 3 is 2.23 bits per heavy atom. The van der Waals surface area contributed by atoms with Crippen molar-refractivity contribution >= 4 is 37.8 Å². The van der Waals surface area contributed by atoms with Crippen molar-refractivity contribution in [3.8, 4) is 0 Å². The van der Waals surface area contributed by atoms with E-state index in [0.717, 1.165) is 0 Å². The molecule has 0 amide bonds. The molecular weight excluding hydrogens is 307 g/mol. The molecular formula is C8H5Br2FO2. The molecule has 0 unspecified atom stereocenters. The van der Waals surface area contributed by atoms with Crippen LogP contribution < -0.4 is 0 Å². The van der Waals surface area contributed by atoms with E-state index in [0.29, 0.717) is 14.5 Å². The number of carboxylic acid groups (broad SMARTS) is 1. The first-order valence-corrected chi connectivity index (χ1v) is 4.94. The predicted molar refractivity (Wildman–Crippen MR) is 53.1 cm³/mol. The molecule has 0 atom stereocenters. The molecule has 0 heterocycles. The lowest BCUT2D eigenvalue weighted by Crippen LogP contribution is -2.02. The highest BCUT2D eigenvalue weighted by atomic mass is 79.9. The van der Waals surface area contributed by atoms with Gasteiger partial charge in [-0.3, -0.25) is 4.79 Å². The minimum atomic E-state index is -0.951. The molecule has 1 rings (SSSR count). The van der Waals surface area contributed by atoms with Gasteiger partial charge in [-0.1, -0.05) is 31.9 Å². The SMILES string of the molecule is O=C(O)Cc1c(Br)cc(F)cc1Br. The first kappa shape index (κ1) is 10.7. The minimum Gasteiger partial charge on any atom is -0.481 e. The Morgan fingerprint density at radius 1 is 1.38 bits per heavy atom. The Hall–Kier alpha value is -0.420. The average Bonchev–Trinajstić information content (AvgIpc) is 1.96. The summed E-state index contributed by atoms with van der Waals surface area (Å²) in [6, 6.07) is 2.48. The molecule has 0 aliphatic carbocycles. The summed E-state index contributed by atoms with van der Waals surface area (Å²) in [5.74, 6) is -1.36. The van der Waals surface area contributed by atoms with E-state index in [1.54, 1.807) is 0 Å². The Bertz CT molecular complexity index is 329. The summed E-state index contributed by atoms with van der Waals surface area (Å²) in [6.07, 6.45) is -0.137. The third-order valence-electron chi connectivity index (χ3n) is 1.43. The summed E-state index contributed by atoms with van der Waals surface area (Å²) in [5, 5.41) is 8.55. The number of hydrogen-bond donors (Lipinski definition) is 1. The molecule has 1 aromatic rings. The van der Waals surface area contributed by atoms with E-state index in [2.05, 4.69) is 31.9 Å². The summed E-state index contributed by atoms with van der Waals surface area (Å²) in [7, 11) is 0. The fourth-order valence-corrected chi connectivity index (χ4v) is 2.30. The van der Waals surface area contributed by atoms with Crippen LogP contribution in [-0.2, 0) is 11.2 Å². The number of hydrogen-bond acceptors (Lipinski definition) is 1. The maximum Gasteiger partial charge on any atom is 0.307 e. The fraction of sp³-hybridized carbons (Fsp3) is 0.125. The number of rotatable bonds is 2. The maximum atomic E-state index is 12.7. The Labute approximate surface area is 91.0 Å². The van der Waals surface area contributed by atoms with Crippen LogP contribution in [-0.4, -0.2) is 11.1 Å². The summed E-state index contributed by atoms with van der Waals surface area (Å²) < 4.78 is 13.7. The highest BCUT2D eigenvalue weighted by Gasteiger charge is 2.10. The normalized spacial score (nSPS) is 10.1. The van der Waals surface area contributed by atoms with Gasteiger partial charge < -0.3 is 5.11 Å². The molecule has 0 aliphatic rings. The molecule has 0 saturated heterocycles. The second-order valence-corrected chi connectivity index (χ2v) is 4.13. The Morgan fingerprint density at radius 2 is 1.85 bits per heavy atom. The van der Waals surface area contributed by atoms with Crippen molar-refractivity contribution in [2.45, 2.75) is 6.42 Å². The fourth-order valence-electron chi connectivity index (χ4n) is 0.892. The van der Waals surface area contributed by atoms with Crippen LogP contribution in [0.1, 0.15) is 5.56 Å². The van der Waals surface area contributed by atoms with Gasteiger partial charge in [0.2, 0.25) is 0 Å². The van der Waals surface area contributed by atoms with Crippen molar-refractivity contribution in [1.29, 1.82) is 0 Å². The first-order chi connectivity index (χ1) is 6.00. The summed E-state index contributed by atoms with van der Waals surface area (Å²) in [5.41, 5.74) is 0.536. The molecule has 13 heavy (non-hydrogen) atoms. The monoisotopic (exact) mass is 310 g/mol. The molecule has 0 fully saturated rings. The molecule has 0 saturated carbocycles. The lowest BCUT2D eigenvalue weighted by Gasteiger charge is -2.04. The molecule has 1 N–H and O–H groups in total. The number of halogens is 3. The van der Waals surface area contributed by atoms with Gasteiger partial charge in [-0.2, -0.15) is 0 Å². The zero-order chi connectivity index (χ0) is 10.0. The lowest BCUT2D eigenvalue weighted by molar-refractivity contribution is -0.136. The van der Waals surface area contributed by atoms with E-state index in [1.165, 1.54) is 12.1 Å². The third kappa shape index (κ3) is 2.77. The van der Waals surface area contributed by atoms with Gasteiger partial charge in [0, 0.05) is 8.95 Å². The smallest absolute Gasteiger partial charge is 0.307 e. The second-order valence-electron chi connectivity index (χ2n) is 2.42. The quantitative estimate of drug-likeness (QED) is 0.911. The van der Waals surface area contributed by atoms with Gasteiger partial charge in [0.1, 0.15) is 5.82 Å². The molecule has 0 aliphatic heterocycles. The van der Waals surface area contributed by atoms with E-state index in [9.17, 15) is 9.18 Å². The van der Waals surface area contributed by atoms with Crippen LogP contribution in [0.5, 0.6) is 0 Å². The third-order valence-corrected chi connectivity index (χ3v) is 2.85. The highest BCUT2D eigenvalue weighted by Crippen LogP contribution is 2.27. The molecule has 1 aromatic carbocycles. The topological polar surface area (TPSA) is 37.3 Å². The molecule has 0 spiro atoms.